The summed E-state index contributed by atoms with van der Waals surface area (Å²) in [5, 5.41) is 3.45. The number of halogens is 1. The number of aromatic nitrogens is 1. The molecule has 0 fully saturated rings. The molecule has 3 rings (SSSR count). The molecule has 1 aromatic carbocycles. The molecule has 0 spiro atoms. The van der Waals surface area contributed by atoms with Gasteiger partial charge in [-0.15, -0.1) is 11.8 Å². The van der Waals surface area contributed by atoms with Gasteiger partial charge in [-0.25, -0.2) is 9.37 Å². The van der Waals surface area contributed by atoms with E-state index in [4.69, 9.17) is 4.74 Å². The average molecular weight is 304 g/mol. The summed E-state index contributed by atoms with van der Waals surface area (Å²) in [6, 6.07) is 9.16. The number of rotatable bonds is 4. The maximum absolute atomic E-state index is 13.9. The Kier molecular flexibility index (Phi) is 4.29. The fraction of sp³-hybridized carbons (Fsp3) is 0.312. The third kappa shape index (κ3) is 2.97. The molecule has 1 N–H and O–H groups in total. The van der Waals surface area contributed by atoms with Crippen LogP contribution in [0.25, 0.3) is 0 Å². The molecule has 1 aliphatic heterocycles. The van der Waals surface area contributed by atoms with Crippen molar-refractivity contribution in [2.24, 2.45) is 0 Å². The molecule has 110 valence electrons. The molecule has 3 nitrogen and oxygen atoms in total. The van der Waals surface area contributed by atoms with Crippen LogP contribution in [-0.2, 0) is 0 Å². The molecular weight excluding hydrogens is 287 g/mol. The van der Waals surface area contributed by atoms with Crippen LogP contribution in [0.1, 0.15) is 24.9 Å². The van der Waals surface area contributed by atoms with Crippen LogP contribution in [0.15, 0.2) is 41.4 Å². The van der Waals surface area contributed by atoms with Crippen LogP contribution in [0.4, 0.5) is 10.1 Å². The number of nitrogens with one attached hydrogen (secondary N) is 1. The van der Waals surface area contributed by atoms with Crippen molar-refractivity contribution >= 4 is 17.4 Å². The second-order valence-electron chi connectivity index (χ2n) is 4.78. The number of hydrogen-bond acceptors (Lipinski definition) is 4. The molecule has 2 aromatic rings. The Bertz CT molecular complexity index is 635. The largest absolute Gasteiger partial charge is 0.476 e. The van der Waals surface area contributed by atoms with Gasteiger partial charge < -0.3 is 10.1 Å². The summed E-state index contributed by atoms with van der Waals surface area (Å²) in [5.41, 5.74) is 1.86. The fourth-order valence-electron chi connectivity index (χ4n) is 2.48. The van der Waals surface area contributed by atoms with Crippen molar-refractivity contribution < 1.29 is 9.13 Å². The van der Waals surface area contributed by atoms with E-state index in [1.807, 2.05) is 25.1 Å². The van der Waals surface area contributed by atoms with Crippen LogP contribution in [0, 0.1) is 5.82 Å². The van der Waals surface area contributed by atoms with Crippen molar-refractivity contribution in [1.82, 2.24) is 4.98 Å². The van der Waals surface area contributed by atoms with Gasteiger partial charge in [-0.05, 0) is 37.1 Å². The van der Waals surface area contributed by atoms with E-state index >= 15 is 0 Å². The lowest BCUT2D eigenvalue weighted by molar-refractivity contribution is 0.328. The first kappa shape index (κ1) is 14.2. The molecule has 21 heavy (non-hydrogen) atoms. The van der Waals surface area contributed by atoms with Crippen molar-refractivity contribution in [2.75, 3.05) is 17.7 Å². The molecule has 5 heteroatoms. The van der Waals surface area contributed by atoms with Gasteiger partial charge in [0, 0.05) is 16.8 Å². The van der Waals surface area contributed by atoms with Gasteiger partial charge in [0.2, 0.25) is 5.88 Å². The number of ether oxygens (including phenoxy) is 1. The monoisotopic (exact) mass is 304 g/mol. The van der Waals surface area contributed by atoms with E-state index in [1.165, 1.54) is 6.07 Å². The first-order chi connectivity index (χ1) is 10.3. The van der Waals surface area contributed by atoms with Crippen molar-refractivity contribution in [3.05, 3.63) is 47.9 Å². The summed E-state index contributed by atoms with van der Waals surface area (Å²) in [7, 11) is 0. The average Bonchev–Trinajstić information content (AvgIpc) is 2.51. The highest BCUT2D eigenvalue weighted by Gasteiger charge is 2.23. The van der Waals surface area contributed by atoms with E-state index in [0.29, 0.717) is 12.5 Å². The molecule has 0 aliphatic carbocycles. The lowest BCUT2D eigenvalue weighted by Gasteiger charge is -2.27. The molecule has 0 amide bonds. The molecular formula is C16H17FN2OS. The van der Waals surface area contributed by atoms with Crippen molar-refractivity contribution in [2.45, 2.75) is 24.3 Å². The van der Waals surface area contributed by atoms with Gasteiger partial charge in [0.15, 0.2) is 0 Å². The summed E-state index contributed by atoms with van der Waals surface area (Å²) in [5.74, 6) is 1.35. The van der Waals surface area contributed by atoms with E-state index in [-0.39, 0.29) is 11.9 Å². The maximum atomic E-state index is 13.9. The van der Waals surface area contributed by atoms with E-state index in [9.17, 15) is 4.39 Å². The van der Waals surface area contributed by atoms with Crippen LogP contribution in [-0.4, -0.2) is 17.3 Å². The number of pyridine rings is 1. The van der Waals surface area contributed by atoms with Crippen LogP contribution in [0.3, 0.4) is 0 Å². The van der Waals surface area contributed by atoms with E-state index < -0.39 is 0 Å². The molecule has 0 radical (unpaired) electrons. The molecule has 0 saturated heterocycles. The Morgan fingerprint density at radius 3 is 3.14 bits per heavy atom. The van der Waals surface area contributed by atoms with Gasteiger partial charge >= 0.3 is 0 Å². The van der Waals surface area contributed by atoms with E-state index in [2.05, 4.69) is 10.3 Å². The van der Waals surface area contributed by atoms with Crippen LogP contribution >= 0.6 is 11.8 Å². The number of thioether (sulfide) groups is 1. The lowest BCUT2D eigenvalue weighted by atomic mass is 10.0. The number of hydrogen-bond donors (Lipinski definition) is 1. The Labute approximate surface area is 127 Å². The quantitative estimate of drug-likeness (QED) is 0.915. The Balaban J connectivity index is 1.89. The standard InChI is InChI=1S/C16H17FN2OS/c1-2-20-16-14(7-4-9-18-16)19-13-8-10-21-15-11(13)5-3-6-12(15)17/h3-7,9,13,19H,2,8,10H2,1H3. The van der Waals surface area contributed by atoms with Crippen LogP contribution in [0.5, 0.6) is 5.88 Å². The summed E-state index contributed by atoms with van der Waals surface area (Å²) in [4.78, 5) is 5.00. The normalized spacial score (nSPS) is 17.1. The molecule has 1 atom stereocenters. The van der Waals surface area contributed by atoms with Gasteiger partial charge in [0.25, 0.3) is 0 Å². The van der Waals surface area contributed by atoms with Crippen molar-refractivity contribution in [3.63, 3.8) is 0 Å². The number of fused-ring (bicyclic) bond motifs is 1. The minimum atomic E-state index is -0.139. The highest BCUT2D eigenvalue weighted by atomic mass is 32.2. The molecule has 0 saturated carbocycles. The Morgan fingerprint density at radius 2 is 2.29 bits per heavy atom. The maximum Gasteiger partial charge on any atom is 0.237 e. The number of benzene rings is 1. The van der Waals surface area contributed by atoms with Gasteiger partial charge in [-0.3, -0.25) is 0 Å². The SMILES string of the molecule is CCOc1ncccc1NC1CCSc2c(F)cccc21. The van der Waals surface area contributed by atoms with Gasteiger partial charge in [0.1, 0.15) is 5.82 Å². The molecule has 1 unspecified atom stereocenters. The summed E-state index contributed by atoms with van der Waals surface area (Å²) >= 11 is 1.58. The minimum Gasteiger partial charge on any atom is -0.476 e. The van der Waals surface area contributed by atoms with Crippen LogP contribution < -0.4 is 10.1 Å². The summed E-state index contributed by atoms with van der Waals surface area (Å²) < 4.78 is 19.4. The highest BCUT2D eigenvalue weighted by Crippen LogP contribution is 2.40. The van der Waals surface area contributed by atoms with E-state index in [1.54, 1.807) is 24.0 Å². The number of anilines is 1. The molecule has 1 aliphatic rings. The Morgan fingerprint density at radius 1 is 1.38 bits per heavy atom. The zero-order chi connectivity index (χ0) is 14.7. The molecule has 0 bridgehead atoms. The smallest absolute Gasteiger partial charge is 0.237 e. The number of nitrogens with zero attached hydrogens (tertiary/aromatic N) is 1. The topological polar surface area (TPSA) is 34.1 Å². The first-order valence-corrected chi connectivity index (χ1v) is 8.03. The summed E-state index contributed by atoms with van der Waals surface area (Å²) in [6.07, 6.45) is 2.65. The zero-order valence-electron chi connectivity index (χ0n) is 11.8. The predicted molar refractivity (Wildman–Crippen MR) is 83.5 cm³/mol. The van der Waals surface area contributed by atoms with Gasteiger partial charge in [-0.2, -0.15) is 0 Å². The minimum absolute atomic E-state index is 0.0837. The van der Waals surface area contributed by atoms with Crippen molar-refractivity contribution in [1.29, 1.82) is 0 Å². The second kappa shape index (κ2) is 6.35. The predicted octanol–water partition coefficient (Wildman–Crippen LogP) is 4.27. The molecule has 2 heterocycles. The van der Waals surface area contributed by atoms with Crippen LogP contribution in [0.2, 0.25) is 0 Å². The second-order valence-corrected chi connectivity index (χ2v) is 5.89. The van der Waals surface area contributed by atoms with Gasteiger partial charge in [-0.1, -0.05) is 12.1 Å². The molecule has 1 aromatic heterocycles. The zero-order valence-corrected chi connectivity index (χ0v) is 12.6. The first-order valence-electron chi connectivity index (χ1n) is 7.05. The third-order valence-electron chi connectivity index (χ3n) is 3.41. The van der Waals surface area contributed by atoms with E-state index in [0.717, 1.165) is 28.3 Å². The van der Waals surface area contributed by atoms with Gasteiger partial charge in [0.05, 0.1) is 18.3 Å². The summed E-state index contributed by atoms with van der Waals surface area (Å²) in [6.45, 7) is 2.50. The fourth-order valence-corrected chi connectivity index (χ4v) is 3.62. The highest BCUT2D eigenvalue weighted by molar-refractivity contribution is 7.99. The van der Waals surface area contributed by atoms with Crippen molar-refractivity contribution in [3.8, 4) is 5.88 Å². The Hall–Kier alpha value is -1.75. The third-order valence-corrected chi connectivity index (χ3v) is 4.57. The lowest BCUT2D eigenvalue weighted by Crippen LogP contribution is -2.17.